The van der Waals surface area contributed by atoms with E-state index < -0.39 is 0 Å². The number of methoxy groups -OCH3 is 2. The molecule has 1 amide bonds. The average Bonchev–Trinajstić information content (AvgIpc) is 3.07. The third-order valence-electron chi connectivity index (χ3n) is 4.49. The van der Waals surface area contributed by atoms with Crippen LogP contribution in [0.25, 0.3) is 0 Å². The Morgan fingerprint density at radius 3 is 1.93 bits per heavy atom. The molecule has 3 atom stereocenters. The lowest BCUT2D eigenvalue weighted by molar-refractivity contribution is -0.141. The van der Waals surface area contributed by atoms with Gasteiger partial charge in [0.15, 0.2) is 0 Å². The molecule has 0 aromatic rings. The van der Waals surface area contributed by atoms with E-state index in [-0.39, 0.29) is 37.6 Å². The molecule has 28 heavy (non-hydrogen) atoms. The maximum atomic E-state index is 13.6. The van der Waals surface area contributed by atoms with Crippen LogP contribution >= 0.6 is 23.5 Å². The number of rotatable bonds is 12. The molecule has 1 heterocycles. The van der Waals surface area contributed by atoms with Gasteiger partial charge in [0.25, 0.3) is 0 Å². The fourth-order valence-electron chi connectivity index (χ4n) is 3.33. The fourth-order valence-corrected chi connectivity index (χ4v) is 4.46. The third-order valence-corrected chi connectivity index (χ3v) is 6.40. The first-order chi connectivity index (χ1) is 13.5. The molecule has 0 radical (unpaired) electrons. The molecule has 0 aliphatic carbocycles. The molecule has 164 valence electrons. The van der Waals surface area contributed by atoms with E-state index in [4.69, 9.17) is 23.9 Å². The predicted molar refractivity (Wildman–Crippen MR) is 117 cm³/mol. The van der Waals surface area contributed by atoms with Gasteiger partial charge in [-0.05, 0) is 37.7 Å². The number of hydrogen-bond donors (Lipinski definition) is 0. The third kappa shape index (κ3) is 8.59. The Morgan fingerprint density at radius 2 is 1.54 bits per heavy atom. The summed E-state index contributed by atoms with van der Waals surface area (Å²) < 4.78 is 22.1. The summed E-state index contributed by atoms with van der Waals surface area (Å²) in [4.78, 5) is 20.3. The molecule has 9 heteroatoms. The average molecular weight is 437 g/mol. The van der Waals surface area contributed by atoms with Crippen LogP contribution in [0.15, 0.2) is 4.99 Å². The number of nitrogens with zero attached hydrogens (tertiary/aromatic N) is 2. The van der Waals surface area contributed by atoms with Gasteiger partial charge in [-0.15, -0.1) is 23.5 Å². The van der Waals surface area contributed by atoms with Crippen molar-refractivity contribution < 1.29 is 23.7 Å². The number of amides is 1. The van der Waals surface area contributed by atoms with Crippen molar-refractivity contribution in [2.75, 3.05) is 53.5 Å². The second-order valence-corrected chi connectivity index (χ2v) is 8.98. The lowest BCUT2D eigenvalue weighted by atomic mass is 10.0. The molecule has 1 aliphatic heterocycles. The summed E-state index contributed by atoms with van der Waals surface area (Å²) in [6, 6.07) is -0.366. The molecular formula is C19H36N2O5S2. The summed E-state index contributed by atoms with van der Waals surface area (Å²) in [6.45, 7) is 5.60. The van der Waals surface area contributed by atoms with E-state index >= 15 is 0 Å². The maximum Gasteiger partial charge on any atom is 0.248 e. The van der Waals surface area contributed by atoms with E-state index in [1.165, 1.54) is 0 Å². The Bertz CT molecular complexity index is 455. The highest BCUT2D eigenvalue weighted by Gasteiger charge is 2.40. The second-order valence-electron chi connectivity index (χ2n) is 7.13. The molecular weight excluding hydrogens is 400 g/mol. The van der Waals surface area contributed by atoms with Crippen LogP contribution in [0.4, 0.5) is 0 Å². The van der Waals surface area contributed by atoms with Crippen molar-refractivity contribution in [3.05, 3.63) is 0 Å². The number of aliphatic imine (C=N–C) groups is 1. The highest BCUT2D eigenvalue weighted by molar-refractivity contribution is 8.38. The topological polar surface area (TPSA) is 69.6 Å². The molecule has 1 fully saturated rings. The van der Waals surface area contributed by atoms with Crippen LogP contribution in [0.2, 0.25) is 0 Å². The summed E-state index contributed by atoms with van der Waals surface area (Å²) in [5.41, 5.74) is 0. The highest BCUT2D eigenvalue weighted by Crippen LogP contribution is 2.28. The Balaban J connectivity index is 3.01. The zero-order chi connectivity index (χ0) is 20.9. The highest BCUT2D eigenvalue weighted by atomic mass is 32.2. The van der Waals surface area contributed by atoms with E-state index in [2.05, 4.69) is 13.8 Å². The van der Waals surface area contributed by atoms with Gasteiger partial charge in [0, 0.05) is 14.2 Å². The van der Waals surface area contributed by atoms with Crippen molar-refractivity contribution in [1.82, 2.24) is 4.90 Å². The van der Waals surface area contributed by atoms with Crippen molar-refractivity contribution >= 4 is 33.8 Å². The molecule has 1 rings (SSSR count). The van der Waals surface area contributed by atoms with Crippen molar-refractivity contribution in [2.24, 2.45) is 10.9 Å². The molecule has 1 saturated heterocycles. The van der Waals surface area contributed by atoms with Crippen LogP contribution in [-0.2, 0) is 23.7 Å². The number of carbonyl (C=O) groups excluding carboxylic acids is 1. The number of likely N-dealkylation sites (tertiary alicyclic amines) is 1. The van der Waals surface area contributed by atoms with Crippen LogP contribution in [0.1, 0.15) is 33.1 Å². The minimum Gasteiger partial charge on any atom is -0.359 e. The van der Waals surface area contributed by atoms with Gasteiger partial charge >= 0.3 is 0 Å². The number of carbonyl (C=O) groups is 1. The van der Waals surface area contributed by atoms with Gasteiger partial charge in [0.05, 0.1) is 25.3 Å². The molecule has 0 aromatic heterocycles. The van der Waals surface area contributed by atoms with Crippen LogP contribution in [-0.4, -0.2) is 86.8 Å². The van der Waals surface area contributed by atoms with E-state index in [1.807, 2.05) is 17.4 Å². The van der Waals surface area contributed by atoms with Gasteiger partial charge < -0.3 is 23.8 Å². The van der Waals surface area contributed by atoms with Crippen LogP contribution in [0, 0.1) is 5.92 Å². The molecule has 0 bridgehead atoms. The van der Waals surface area contributed by atoms with E-state index in [1.54, 1.807) is 37.7 Å². The summed E-state index contributed by atoms with van der Waals surface area (Å²) in [6.07, 6.45) is 6.46. The quantitative estimate of drug-likeness (QED) is 0.201. The molecule has 1 aliphatic rings. The van der Waals surface area contributed by atoms with Gasteiger partial charge in [-0.25, -0.2) is 0 Å². The Morgan fingerprint density at radius 1 is 1.04 bits per heavy atom. The van der Waals surface area contributed by atoms with E-state index in [9.17, 15) is 4.79 Å². The lowest BCUT2D eigenvalue weighted by Crippen LogP contribution is -2.49. The largest absolute Gasteiger partial charge is 0.359 e. The normalized spacial score (nSPS) is 20.6. The zero-order valence-corrected chi connectivity index (χ0v) is 19.6. The molecule has 7 nitrogen and oxygen atoms in total. The first-order valence-electron chi connectivity index (χ1n) is 9.59. The van der Waals surface area contributed by atoms with Gasteiger partial charge in [0.2, 0.25) is 5.91 Å². The molecule has 0 unspecified atom stereocenters. The van der Waals surface area contributed by atoms with Crippen LogP contribution in [0.5, 0.6) is 0 Å². The van der Waals surface area contributed by atoms with Crippen molar-refractivity contribution in [2.45, 2.75) is 51.2 Å². The van der Waals surface area contributed by atoms with Crippen molar-refractivity contribution in [1.29, 1.82) is 0 Å². The summed E-state index contributed by atoms with van der Waals surface area (Å²) in [7, 11) is 3.19. The van der Waals surface area contributed by atoms with Gasteiger partial charge in [-0.1, -0.05) is 13.8 Å². The summed E-state index contributed by atoms with van der Waals surface area (Å²) >= 11 is 3.16. The number of ether oxygens (including phenoxy) is 4. The SMILES string of the molecule is COCOC[C@@H]1CC[C@@H](COCOC)N1C(=O)[C@H](CC(C)C)N=C(SC)SC. The van der Waals surface area contributed by atoms with Gasteiger partial charge in [-0.3, -0.25) is 9.79 Å². The Hall–Kier alpha value is -0.320. The standard InChI is InChI=1S/C19H36N2O5S2/c1-14(2)9-17(20-19(27-5)28-6)18(22)21-15(10-25-12-23-3)7-8-16(21)11-26-13-24-4/h14-17H,7-13H2,1-6H3/t15-,16-,17-/m0/s1. The molecule has 0 saturated carbocycles. The molecule has 0 N–H and O–H groups in total. The van der Waals surface area contributed by atoms with E-state index in [0.717, 1.165) is 23.6 Å². The fraction of sp³-hybridized carbons (Fsp3) is 0.895. The van der Waals surface area contributed by atoms with Crippen LogP contribution in [0.3, 0.4) is 0 Å². The second kappa shape index (κ2) is 14.6. The summed E-state index contributed by atoms with van der Waals surface area (Å²) in [5, 5.41) is 0. The zero-order valence-electron chi connectivity index (χ0n) is 18.0. The predicted octanol–water partition coefficient (Wildman–Crippen LogP) is 3.08. The minimum absolute atomic E-state index is 0.00988. The van der Waals surface area contributed by atoms with Crippen molar-refractivity contribution in [3.63, 3.8) is 0 Å². The smallest absolute Gasteiger partial charge is 0.248 e. The monoisotopic (exact) mass is 436 g/mol. The molecule has 0 aromatic carbocycles. The first-order valence-corrected chi connectivity index (χ1v) is 12.0. The Labute approximate surface area is 178 Å². The van der Waals surface area contributed by atoms with Crippen LogP contribution < -0.4 is 0 Å². The minimum atomic E-state index is -0.386. The summed E-state index contributed by atoms with van der Waals surface area (Å²) in [5.74, 6) is 0.431. The Kier molecular flexibility index (Phi) is 13.4. The van der Waals surface area contributed by atoms with E-state index in [0.29, 0.717) is 19.1 Å². The molecule has 0 spiro atoms. The first kappa shape index (κ1) is 25.7. The maximum absolute atomic E-state index is 13.6. The van der Waals surface area contributed by atoms with Gasteiger partial charge in [0.1, 0.15) is 24.0 Å². The van der Waals surface area contributed by atoms with Gasteiger partial charge in [-0.2, -0.15) is 0 Å². The van der Waals surface area contributed by atoms with Crippen molar-refractivity contribution in [3.8, 4) is 0 Å². The number of thioether (sulfide) groups is 2. The number of hydrogen-bond acceptors (Lipinski definition) is 8. The lowest BCUT2D eigenvalue weighted by Gasteiger charge is -2.33.